The number of rotatable bonds is 2. The molecule has 0 atom stereocenters. The first kappa shape index (κ1) is 13.0. The molecule has 0 aliphatic carbocycles. The molecule has 94 valence electrons. The molecule has 0 unspecified atom stereocenters. The van der Waals surface area contributed by atoms with Crippen molar-refractivity contribution in [2.24, 2.45) is 0 Å². The zero-order valence-corrected chi connectivity index (χ0v) is 10.8. The van der Waals surface area contributed by atoms with E-state index in [1.54, 1.807) is 18.6 Å². The lowest BCUT2D eigenvalue weighted by Gasteiger charge is -2.07. The minimum Gasteiger partial charge on any atom is -0.206 e. The van der Waals surface area contributed by atoms with Gasteiger partial charge in [0, 0.05) is 22.0 Å². The van der Waals surface area contributed by atoms with Crippen LogP contribution in [-0.2, 0) is 10.9 Å². The molecular formula is C14H12F3S+. The van der Waals surface area contributed by atoms with Crippen LogP contribution in [0.4, 0.5) is 13.2 Å². The van der Waals surface area contributed by atoms with Crippen LogP contribution in [0, 0.1) is 17.5 Å². The molecule has 0 radical (unpaired) electrons. The zero-order valence-electron chi connectivity index (χ0n) is 10.0. The van der Waals surface area contributed by atoms with Gasteiger partial charge in [-0.2, -0.15) is 0 Å². The second-order valence-electron chi connectivity index (χ2n) is 4.03. The van der Waals surface area contributed by atoms with Gasteiger partial charge < -0.3 is 0 Å². The average molecular weight is 269 g/mol. The van der Waals surface area contributed by atoms with E-state index in [9.17, 15) is 13.2 Å². The molecule has 0 saturated carbocycles. The number of hydrogen-bond donors (Lipinski definition) is 0. The quantitative estimate of drug-likeness (QED) is 0.723. The summed E-state index contributed by atoms with van der Waals surface area (Å²) >= 11 is 0. The maximum atomic E-state index is 14.3. The predicted octanol–water partition coefficient (Wildman–Crippen LogP) is 4.01. The monoisotopic (exact) mass is 269 g/mol. The Labute approximate surface area is 107 Å². The largest absolute Gasteiger partial charge is 0.226 e. The lowest BCUT2D eigenvalue weighted by Crippen LogP contribution is -2.05. The summed E-state index contributed by atoms with van der Waals surface area (Å²) in [5, 5.41) is 0. The maximum absolute atomic E-state index is 14.3. The van der Waals surface area contributed by atoms with Crippen LogP contribution >= 0.6 is 0 Å². The van der Waals surface area contributed by atoms with Crippen LogP contribution in [0.2, 0.25) is 0 Å². The molecule has 0 aromatic heterocycles. The van der Waals surface area contributed by atoms with Crippen molar-refractivity contribution in [3.05, 3.63) is 53.8 Å². The molecule has 0 aliphatic rings. The molecule has 0 heterocycles. The number of halogens is 3. The van der Waals surface area contributed by atoms with Gasteiger partial charge in [-0.15, -0.1) is 0 Å². The van der Waals surface area contributed by atoms with Crippen molar-refractivity contribution < 1.29 is 13.2 Å². The Morgan fingerprint density at radius 3 is 2.06 bits per heavy atom. The highest BCUT2D eigenvalue weighted by atomic mass is 32.2. The fraction of sp³-hybridized carbons (Fsp3) is 0.143. The predicted molar refractivity (Wildman–Crippen MR) is 69.2 cm³/mol. The van der Waals surface area contributed by atoms with E-state index in [1.807, 2.05) is 0 Å². The van der Waals surface area contributed by atoms with Crippen LogP contribution in [-0.4, -0.2) is 12.5 Å². The topological polar surface area (TPSA) is 0 Å². The molecule has 0 N–H and O–H groups in total. The van der Waals surface area contributed by atoms with Gasteiger partial charge in [-0.05, 0) is 18.2 Å². The summed E-state index contributed by atoms with van der Waals surface area (Å²) < 4.78 is 41.5. The van der Waals surface area contributed by atoms with Crippen molar-refractivity contribution in [2.45, 2.75) is 4.90 Å². The normalized spacial score (nSPS) is 11.0. The van der Waals surface area contributed by atoms with Crippen LogP contribution < -0.4 is 0 Å². The first-order valence-electron chi connectivity index (χ1n) is 5.33. The van der Waals surface area contributed by atoms with Crippen LogP contribution in [0.25, 0.3) is 11.1 Å². The smallest absolute Gasteiger partial charge is 0.206 e. The lowest BCUT2D eigenvalue weighted by atomic mass is 10.0. The van der Waals surface area contributed by atoms with Crippen LogP contribution in [0.15, 0.2) is 41.3 Å². The molecule has 0 saturated heterocycles. The second-order valence-corrected chi connectivity index (χ2v) is 6.08. The highest BCUT2D eigenvalue weighted by Crippen LogP contribution is 2.30. The summed E-state index contributed by atoms with van der Waals surface area (Å²) in [6.45, 7) is 0. The lowest BCUT2D eigenvalue weighted by molar-refractivity contribution is 0.540. The summed E-state index contributed by atoms with van der Waals surface area (Å²) in [5.41, 5.74) is 0.257. The van der Waals surface area contributed by atoms with E-state index in [0.717, 1.165) is 0 Å². The van der Waals surface area contributed by atoms with Crippen molar-refractivity contribution in [3.63, 3.8) is 0 Å². The summed E-state index contributed by atoms with van der Waals surface area (Å²) in [6, 6.07) is 8.37. The van der Waals surface area contributed by atoms with Gasteiger partial charge in [0.15, 0.2) is 11.6 Å². The van der Waals surface area contributed by atoms with Gasteiger partial charge in [0.1, 0.15) is 18.3 Å². The van der Waals surface area contributed by atoms with E-state index >= 15 is 0 Å². The van der Waals surface area contributed by atoms with Gasteiger partial charge in [0.05, 0.1) is 0 Å². The average Bonchev–Trinajstić information content (AvgIpc) is 2.30. The Kier molecular flexibility index (Phi) is 3.66. The third-order valence-electron chi connectivity index (χ3n) is 2.62. The Morgan fingerprint density at radius 1 is 0.778 bits per heavy atom. The van der Waals surface area contributed by atoms with E-state index in [4.69, 9.17) is 0 Å². The van der Waals surface area contributed by atoms with E-state index in [2.05, 4.69) is 0 Å². The maximum Gasteiger partial charge on any atom is 0.226 e. The van der Waals surface area contributed by atoms with E-state index in [-0.39, 0.29) is 16.0 Å². The second kappa shape index (κ2) is 5.06. The van der Waals surface area contributed by atoms with Gasteiger partial charge in [-0.25, -0.2) is 13.2 Å². The zero-order chi connectivity index (χ0) is 13.3. The highest BCUT2D eigenvalue weighted by molar-refractivity contribution is 7.95. The Bertz CT molecular complexity index is 579. The molecule has 2 aromatic carbocycles. The van der Waals surface area contributed by atoms with Gasteiger partial charge in [0.2, 0.25) is 4.90 Å². The van der Waals surface area contributed by atoms with Gasteiger partial charge in [-0.3, -0.25) is 0 Å². The van der Waals surface area contributed by atoms with Crippen molar-refractivity contribution in [3.8, 4) is 11.1 Å². The molecule has 0 bridgehead atoms. The minimum atomic E-state index is -0.673. The Hall–Kier alpha value is -1.42. The standard InChI is InChI=1S/C14H12F3S/c1-18(2)14-12(16)8-7-10(13(14)17)9-5-3-4-6-11(9)15/h3-8H,1-2H3/q+1. The molecule has 0 aliphatic heterocycles. The summed E-state index contributed by atoms with van der Waals surface area (Å²) in [5.74, 6) is -1.77. The molecule has 18 heavy (non-hydrogen) atoms. The van der Waals surface area contributed by atoms with Crippen LogP contribution in [0.1, 0.15) is 0 Å². The first-order chi connectivity index (χ1) is 8.52. The van der Waals surface area contributed by atoms with E-state index in [0.29, 0.717) is 0 Å². The number of benzene rings is 2. The minimum absolute atomic E-state index is 0.0238. The van der Waals surface area contributed by atoms with Crippen LogP contribution in [0.5, 0.6) is 0 Å². The molecule has 0 amide bonds. The fourth-order valence-electron chi connectivity index (χ4n) is 1.79. The van der Waals surface area contributed by atoms with Gasteiger partial charge >= 0.3 is 0 Å². The molecule has 2 rings (SSSR count). The summed E-state index contributed by atoms with van der Waals surface area (Å²) in [4.78, 5) is 0.0238. The highest BCUT2D eigenvalue weighted by Gasteiger charge is 2.25. The third kappa shape index (κ3) is 2.25. The van der Waals surface area contributed by atoms with Crippen LogP contribution in [0.3, 0.4) is 0 Å². The van der Waals surface area contributed by atoms with Crippen molar-refractivity contribution >= 4 is 10.9 Å². The molecule has 0 nitrogen and oxygen atoms in total. The molecule has 0 spiro atoms. The third-order valence-corrected chi connectivity index (χ3v) is 3.81. The molecule has 2 aromatic rings. The summed E-state index contributed by atoms with van der Waals surface area (Å²) in [7, 11) is -0.565. The fourth-order valence-corrected chi connectivity index (χ4v) is 2.72. The summed E-state index contributed by atoms with van der Waals surface area (Å²) in [6.07, 6.45) is 3.46. The van der Waals surface area contributed by atoms with Crippen molar-refractivity contribution in [1.82, 2.24) is 0 Å². The molecule has 0 fully saturated rings. The van der Waals surface area contributed by atoms with E-state index in [1.165, 1.54) is 30.3 Å². The SMILES string of the molecule is C[S+](C)c1c(F)ccc(-c2ccccc2F)c1F. The van der Waals surface area contributed by atoms with Crippen molar-refractivity contribution in [1.29, 1.82) is 0 Å². The Balaban J connectivity index is 2.67. The first-order valence-corrected chi connectivity index (χ1v) is 7.37. The molecule has 4 heteroatoms. The Morgan fingerprint density at radius 2 is 1.44 bits per heavy atom. The molecular weight excluding hydrogens is 257 g/mol. The van der Waals surface area contributed by atoms with Crippen molar-refractivity contribution in [2.75, 3.05) is 12.5 Å². The van der Waals surface area contributed by atoms with Gasteiger partial charge in [-0.1, -0.05) is 18.2 Å². The van der Waals surface area contributed by atoms with Gasteiger partial charge in [0.25, 0.3) is 0 Å². The van der Waals surface area contributed by atoms with E-state index < -0.39 is 28.3 Å². The number of hydrogen-bond acceptors (Lipinski definition) is 0.